The average Bonchev–Trinajstić information content (AvgIpc) is 2.36. The lowest BCUT2D eigenvalue weighted by Gasteiger charge is -2.06. The van der Waals surface area contributed by atoms with Crippen LogP contribution >= 0.6 is 0 Å². The number of hydrogen-bond acceptors (Lipinski definition) is 0. The molecule has 0 radical (unpaired) electrons. The van der Waals surface area contributed by atoms with E-state index in [0.717, 1.165) is 27.9 Å². The Morgan fingerprint density at radius 3 is 2.38 bits per heavy atom. The molecule has 1 heteroatoms. The Kier molecular flexibility index (Phi) is 2.18. The Morgan fingerprint density at radius 1 is 1.00 bits per heavy atom. The van der Waals surface area contributed by atoms with E-state index in [9.17, 15) is 0 Å². The van der Waals surface area contributed by atoms with Gasteiger partial charge in [0.05, 0.1) is 1.37 Å². The van der Waals surface area contributed by atoms with Crippen molar-refractivity contribution < 1.29 is 7.31 Å². The van der Waals surface area contributed by atoms with E-state index in [4.69, 9.17) is 2.74 Å². The molecule has 2 aromatic rings. The molecule has 0 fully saturated rings. The van der Waals surface area contributed by atoms with Crippen LogP contribution in [0.25, 0.3) is 11.3 Å². The molecule has 1 aromatic carbocycles. The van der Waals surface area contributed by atoms with Gasteiger partial charge in [-0.3, -0.25) is 0 Å². The minimum Gasteiger partial charge on any atom is -0.201 e. The summed E-state index contributed by atoms with van der Waals surface area (Å²) >= 11 is 0. The zero-order valence-electron chi connectivity index (χ0n) is 12.3. The van der Waals surface area contributed by atoms with Crippen LogP contribution in [0.4, 0.5) is 0 Å². The Morgan fingerprint density at radius 2 is 1.69 bits per heavy atom. The number of pyridine rings is 1. The van der Waals surface area contributed by atoms with Crippen molar-refractivity contribution >= 4 is 0 Å². The topological polar surface area (TPSA) is 3.88 Å². The fraction of sp³-hybridized carbons (Fsp3) is 0.267. The first-order valence-electron chi connectivity index (χ1n) is 6.47. The fourth-order valence-corrected chi connectivity index (χ4v) is 1.83. The van der Waals surface area contributed by atoms with Gasteiger partial charge in [-0.2, -0.15) is 0 Å². The molecular formula is C15H18N+. The van der Waals surface area contributed by atoms with Crippen LogP contribution < -0.4 is 4.57 Å². The van der Waals surface area contributed by atoms with E-state index < -0.39 is 0 Å². The number of aryl methyl sites for hydroxylation is 1. The van der Waals surface area contributed by atoms with Crippen LogP contribution in [0.15, 0.2) is 36.5 Å². The third kappa shape index (κ3) is 1.85. The largest absolute Gasteiger partial charge is 0.212 e. The molecule has 1 nitrogen and oxygen atoms in total. The van der Waals surface area contributed by atoms with Gasteiger partial charge < -0.3 is 0 Å². The van der Waals surface area contributed by atoms with Crippen molar-refractivity contribution in [1.82, 2.24) is 0 Å². The standard InChI is InChI=1S/C15H18N/c1-11-7-5-6-8-14(11)15-9-12(2)13(3)10-16(15)4/h5-10H,1-4H3/q+1/i9D,10D. The molecule has 1 aromatic heterocycles. The van der Waals surface area contributed by atoms with Crippen LogP contribution in [0.3, 0.4) is 0 Å². The van der Waals surface area contributed by atoms with Gasteiger partial charge in [-0.25, -0.2) is 4.57 Å². The van der Waals surface area contributed by atoms with Crippen LogP contribution in [0.2, 0.25) is 0 Å². The maximum atomic E-state index is 8.30. The van der Waals surface area contributed by atoms with E-state index in [2.05, 4.69) is 0 Å². The van der Waals surface area contributed by atoms with Gasteiger partial charge in [0, 0.05) is 17.2 Å². The van der Waals surface area contributed by atoms with Crippen molar-refractivity contribution in [1.29, 1.82) is 0 Å². The lowest BCUT2D eigenvalue weighted by atomic mass is 10.0. The van der Waals surface area contributed by atoms with Gasteiger partial charge in [0.15, 0.2) is 6.17 Å². The zero-order valence-corrected chi connectivity index (χ0v) is 10.3. The van der Waals surface area contributed by atoms with Gasteiger partial charge >= 0.3 is 0 Å². The molecule has 16 heavy (non-hydrogen) atoms. The van der Waals surface area contributed by atoms with Gasteiger partial charge in [0.25, 0.3) is 0 Å². The minimum atomic E-state index is 0.474. The van der Waals surface area contributed by atoms with E-state index in [1.165, 1.54) is 0 Å². The first-order valence-corrected chi connectivity index (χ1v) is 5.47. The molecule has 1 heterocycles. The summed E-state index contributed by atoms with van der Waals surface area (Å²) < 4.78 is 18.2. The summed E-state index contributed by atoms with van der Waals surface area (Å²) in [5.41, 5.74) is 4.74. The quantitative estimate of drug-likeness (QED) is 0.642. The Labute approximate surface area is 100 Å². The normalized spacial score (nSPS) is 12.2. The maximum absolute atomic E-state index is 8.30. The van der Waals surface area contributed by atoms with Crippen molar-refractivity contribution in [2.45, 2.75) is 20.8 Å². The molecule has 0 unspecified atom stereocenters. The predicted molar refractivity (Wildman–Crippen MR) is 67.3 cm³/mol. The molecule has 0 aliphatic rings. The van der Waals surface area contributed by atoms with Gasteiger partial charge in [-0.1, -0.05) is 18.2 Å². The Balaban J connectivity index is 2.85. The third-order valence-electron chi connectivity index (χ3n) is 2.94. The SMILES string of the molecule is [2H]c1c(C)c(C)c([2H])[n+](C)c1-c1ccccc1C. The monoisotopic (exact) mass is 214 g/mol. The minimum absolute atomic E-state index is 0.474. The predicted octanol–water partition coefficient (Wildman–Crippen LogP) is 3.10. The highest BCUT2D eigenvalue weighted by atomic mass is 14.9. The van der Waals surface area contributed by atoms with Crippen LogP contribution in [-0.4, -0.2) is 0 Å². The van der Waals surface area contributed by atoms with Gasteiger partial charge in [0.2, 0.25) is 5.69 Å². The van der Waals surface area contributed by atoms with Crippen molar-refractivity contribution in [2.24, 2.45) is 7.05 Å². The van der Waals surface area contributed by atoms with Crippen molar-refractivity contribution in [3.8, 4) is 11.3 Å². The highest BCUT2D eigenvalue weighted by Crippen LogP contribution is 2.21. The maximum Gasteiger partial charge on any atom is 0.212 e. The van der Waals surface area contributed by atoms with Gasteiger partial charge in [-0.15, -0.1) is 0 Å². The lowest BCUT2D eigenvalue weighted by molar-refractivity contribution is -0.660. The summed E-state index contributed by atoms with van der Waals surface area (Å²) in [6.45, 7) is 5.85. The van der Waals surface area contributed by atoms with Crippen molar-refractivity contribution in [3.63, 3.8) is 0 Å². The Bertz CT molecular complexity index is 589. The number of aromatic nitrogens is 1. The molecule has 0 amide bonds. The number of benzene rings is 1. The second-order valence-corrected chi connectivity index (χ2v) is 4.21. The second kappa shape index (κ2) is 4.09. The summed E-state index contributed by atoms with van der Waals surface area (Å²) in [5.74, 6) is 0. The van der Waals surface area contributed by atoms with Crippen molar-refractivity contribution in [2.75, 3.05) is 0 Å². The first kappa shape index (κ1) is 8.51. The molecule has 0 N–H and O–H groups in total. The zero-order chi connectivity index (χ0) is 13.4. The Hall–Kier alpha value is -1.63. The molecule has 2 rings (SSSR count). The van der Waals surface area contributed by atoms with E-state index >= 15 is 0 Å². The molecule has 0 spiro atoms. The summed E-state index contributed by atoms with van der Waals surface area (Å²) in [5, 5.41) is 0. The van der Waals surface area contributed by atoms with E-state index in [0.29, 0.717) is 12.2 Å². The number of rotatable bonds is 1. The molecule has 0 atom stereocenters. The lowest BCUT2D eigenvalue weighted by Crippen LogP contribution is -2.31. The van der Waals surface area contributed by atoms with Gasteiger partial charge in [0.1, 0.15) is 8.42 Å². The molecule has 82 valence electrons. The summed E-state index contributed by atoms with van der Waals surface area (Å²) in [6.07, 6.45) is 0.474. The van der Waals surface area contributed by atoms with Crippen molar-refractivity contribution in [3.05, 3.63) is 53.2 Å². The number of nitrogens with zero attached hydrogens (tertiary/aromatic N) is 1. The third-order valence-corrected chi connectivity index (χ3v) is 2.94. The van der Waals surface area contributed by atoms with Crippen LogP contribution in [0.1, 0.15) is 19.4 Å². The number of hydrogen-bond donors (Lipinski definition) is 0. The average molecular weight is 214 g/mol. The summed E-state index contributed by atoms with van der Waals surface area (Å²) in [6, 6.07) is 8.52. The van der Waals surface area contributed by atoms with E-state index in [1.807, 2.05) is 52.1 Å². The fourth-order valence-electron chi connectivity index (χ4n) is 1.83. The summed E-state index contributed by atoms with van der Waals surface area (Å²) in [4.78, 5) is 0. The molecule has 0 bridgehead atoms. The van der Waals surface area contributed by atoms with Crippen LogP contribution in [0.5, 0.6) is 0 Å². The van der Waals surface area contributed by atoms with Crippen LogP contribution in [0, 0.1) is 20.8 Å². The molecular weight excluding hydrogens is 194 g/mol. The molecule has 0 saturated carbocycles. The highest BCUT2D eigenvalue weighted by Gasteiger charge is 2.13. The van der Waals surface area contributed by atoms with E-state index in [-0.39, 0.29) is 0 Å². The first-order chi connectivity index (χ1) is 8.45. The molecule has 0 saturated heterocycles. The molecule has 0 aliphatic heterocycles. The summed E-state index contributed by atoms with van der Waals surface area (Å²) in [7, 11) is 1.86. The molecule has 0 aliphatic carbocycles. The highest BCUT2D eigenvalue weighted by molar-refractivity contribution is 5.61. The van der Waals surface area contributed by atoms with Crippen LogP contribution in [-0.2, 0) is 7.05 Å². The second-order valence-electron chi connectivity index (χ2n) is 4.21. The smallest absolute Gasteiger partial charge is 0.201 e. The van der Waals surface area contributed by atoms with E-state index in [1.54, 1.807) is 4.57 Å². The van der Waals surface area contributed by atoms with Gasteiger partial charge in [-0.05, 0) is 38.0 Å².